The molecule has 0 heterocycles. The average molecular weight is 397 g/mol. The van der Waals surface area contributed by atoms with Gasteiger partial charge in [-0.25, -0.2) is 8.42 Å². The summed E-state index contributed by atoms with van der Waals surface area (Å²) in [5.41, 5.74) is 0. The third-order valence-electron chi connectivity index (χ3n) is 5.14. The minimum Gasteiger partial charge on any atom is -0.454 e. The second-order valence-electron chi connectivity index (χ2n) is 7.21. The van der Waals surface area contributed by atoms with E-state index in [-0.39, 0.29) is 16.8 Å². The van der Waals surface area contributed by atoms with Gasteiger partial charge in [0.25, 0.3) is 5.91 Å². The predicted molar refractivity (Wildman–Crippen MR) is 101 cm³/mol. The summed E-state index contributed by atoms with van der Waals surface area (Å²) in [7, 11) is -3.83. The largest absolute Gasteiger partial charge is 0.454 e. The molecule has 0 bridgehead atoms. The summed E-state index contributed by atoms with van der Waals surface area (Å²) in [6.07, 6.45) is 3.13. The van der Waals surface area contributed by atoms with Gasteiger partial charge in [-0.1, -0.05) is 44.9 Å². The van der Waals surface area contributed by atoms with Gasteiger partial charge in [0.2, 0.25) is 10.0 Å². The Morgan fingerprint density at radius 2 is 1.85 bits per heavy atom. The van der Waals surface area contributed by atoms with Crippen molar-refractivity contribution in [1.29, 1.82) is 0 Å². The normalized spacial score (nSPS) is 24.0. The third kappa shape index (κ3) is 6.04. The molecule has 0 aromatic heterocycles. The van der Waals surface area contributed by atoms with Gasteiger partial charge in [-0.3, -0.25) is 9.59 Å². The van der Waals surface area contributed by atoms with Gasteiger partial charge >= 0.3 is 5.97 Å². The summed E-state index contributed by atoms with van der Waals surface area (Å²) in [5, 5.41) is 2.91. The van der Waals surface area contributed by atoms with E-state index in [0.29, 0.717) is 11.8 Å². The maximum Gasteiger partial charge on any atom is 0.324 e. The summed E-state index contributed by atoms with van der Waals surface area (Å²) in [4.78, 5) is 24.2. The van der Waals surface area contributed by atoms with Crippen molar-refractivity contribution < 1.29 is 22.7 Å². The van der Waals surface area contributed by atoms with Gasteiger partial charge < -0.3 is 10.1 Å². The van der Waals surface area contributed by atoms with E-state index in [9.17, 15) is 18.0 Å². The zero-order valence-electron chi connectivity index (χ0n) is 16.0. The number of ether oxygens (including phenoxy) is 1. The highest BCUT2D eigenvalue weighted by atomic mass is 32.2. The van der Waals surface area contributed by atoms with Crippen LogP contribution in [-0.2, 0) is 24.3 Å². The van der Waals surface area contributed by atoms with E-state index in [0.717, 1.165) is 19.3 Å². The molecule has 8 heteroatoms. The molecule has 7 nitrogen and oxygen atoms in total. The lowest BCUT2D eigenvalue weighted by atomic mass is 9.78. The summed E-state index contributed by atoms with van der Waals surface area (Å²) >= 11 is 0. The van der Waals surface area contributed by atoms with E-state index in [4.69, 9.17) is 4.74 Å². The van der Waals surface area contributed by atoms with Crippen molar-refractivity contribution in [2.45, 2.75) is 57.0 Å². The Hall–Kier alpha value is -1.93. The fraction of sp³-hybridized carbons (Fsp3) is 0.579. The standard InChI is InChI=1S/C19H28N2O5S/c1-13-8-7-11-17(14(13)2)20-18(22)12-26-19(23)15(3)21-27(24,25)16-9-5-4-6-10-16/h4-6,9-10,13-15,17,21H,7-8,11-12H2,1-3H3,(H,20,22)/t13?,14?,15-,17?/m0/s1. The number of sulfonamides is 1. The molecule has 1 aliphatic rings. The summed E-state index contributed by atoms with van der Waals surface area (Å²) in [6.45, 7) is 5.24. The Bertz CT molecular complexity index is 751. The zero-order valence-corrected chi connectivity index (χ0v) is 16.8. The molecule has 4 atom stereocenters. The number of amides is 1. The van der Waals surface area contributed by atoms with Gasteiger partial charge in [-0.2, -0.15) is 4.72 Å². The van der Waals surface area contributed by atoms with Gasteiger partial charge in [0, 0.05) is 6.04 Å². The Labute approximate surface area is 160 Å². The fourth-order valence-corrected chi connectivity index (χ4v) is 4.46. The van der Waals surface area contributed by atoms with Gasteiger partial charge in [0.05, 0.1) is 4.90 Å². The van der Waals surface area contributed by atoms with Crippen LogP contribution in [0.25, 0.3) is 0 Å². The highest BCUT2D eigenvalue weighted by molar-refractivity contribution is 7.89. The Morgan fingerprint density at radius 3 is 2.52 bits per heavy atom. The number of carbonyl (C=O) groups is 2. The molecular formula is C19H28N2O5S. The van der Waals surface area contributed by atoms with Crippen molar-refractivity contribution in [2.24, 2.45) is 11.8 Å². The van der Waals surface area contributed by atoms with Crippen LogP contribution >= 0.6 is 0 Å². The first-order valence-corrected chi connectivity index (χ1v) is 10.7. The lowest BCUT2D eigenvalue weighted by molar-refractivity contribution is -0.150. The smallest absolute Gasteiger partial charge is 0.324 e. The first-order valence-electron chi connectivity index (χ1n) is 9.24. The molecule has 27 heavy (non-hydrogen) atoms. The molecule has 3 unspecified atom stereocenters. The maximum absolute atomic E-state index is 12.2. The second-order valence-corrected chi connectivity index (χ2v) is 8.92. The molecule has 0 spiro atoms. The molecule has 1 aromatic rings. The molecule has 1 amide bonds. The van der Waals surface area contributed by atoms with Gasteiger partial charge in [0.1, 0.15) is 6.04 Å². The summed E-state index contributed by atoms with van der Waals surface area (Å²) in [6, 6.07) is 6.72. The second kappa shape index (κ2) is 9.32. The monoisotopic (exact) mass is 396 g/mol. The van der Waals surface area contributed by atoms with E-state index < -0.39 is 28.6 Å². The first-order chi connectivity index (χ1) is 12.7. The molecule has 150 valence electrons. The molecule has 1 aliphatic carbocycles. The van der Waals surface area contributed by atoms with Crippen LogP contribution in [0.3, 0.4) is 0 Å². The van der Waals surface area contributed by atoms with E-state index in [2.05, 4.69) is 23.9 Å². The van der Waals surface area contributed by atoms with Crippen molar-refractivity contribution in [2.75, 3.05) is 6.61 Å². The maximum atomic E-state index is 12.2. The van der Waals surface area contributed by atoms with Crippen LogP contribution in [-0.4, -0.2) is 39.0 Å². The number of carbonyl (C=O) groups excluding carboxylic acids is 2. The van der Waals surface area contributed by atoms with Crippen molar-refractivity contribution in [3.8, 4) is 0 Å². The number of rotatable bonds is 7. The van der Waals surface area contributed by atoms with Crippen LogP contribution in [0, 0.1) is 11.8 Å². The fourth-order valence-electron chi connectivity index (χ4n) is 3.24. The predicted octanol–water partition coefficient (Wildman–Crippen LogP) is 1.84. The lowest BCUT2D eigenvalue weighted by Crippen LogP contribution is -2.46. The SMILES string of the molecule is CC1CCCC(NC(=O)COC(=O)[C@H](C)NS(=O)(=O)c2ccccc2)C1C. The molecule has 2 rings (SSSR count). The van der Waals surface area contributed by atoms with Gasteiger partial charge in [0.15, 0.2) is 6.61 Å². The van der Waals surface area contributed by atoms with E-state index in [1.807, 2.05) is 0 Å². The minimum absolute atomic E-state index is 0.0581. The van der Waals surface area contributed by atoms with E-state index in [1.54, 1.807) is 18.2 Å². The highest BCUT2D eigenvalue weighted by Gasteiger charge is 2.29. The Balaban J connectivity index is 1.81. The van der Waals surface area contributed by atoms with Crippen molar-refractivity contribution in [3.05, 3.63) is 30.3 Å². The molecule has 0 saturated heterocycles. The number of hydrogen-bond acceptors (Lipinski definition) is 5. The van der Waals surface area contributed by atoms with E-state index in [1.165, 1.54) is 19.1 Å². The van der Waals surface area contributed by atoms with Crippen LogP contribution in [0.1, 0.15) is 40.0 Å². The van der Waals surface area contributed by atoms with Gasteiger partial charge in [-0.15, -0.1) is 0 Å². The third-order valence-corrected chi connectivity index (χ3v) is 6.69. The molecule has 0 radical (unpaired) electrons. The molecule has 1 aromatic carbocycles. The number of hydrogen-bond donors (Lipinski definition) is 2. The van der Waals surface area contributed by atoms with Crippen LogP contribution in [0.5, 0.6) is 0 Å². The van der Waals surface area contributed by atoms with Crippen LogP contribution < -0.4 is 10.0 Å². The number of nitrogens with one attached hydrogen (secondary N) is 2. The van der Waals surface area contributed by atoms with Crippen molar-refractivity contribution >= 4 is 21.9 Å². The zero-order chi connectivity index (χ0) is 20.0. The quantitative estimate of drug-likeness (QED) is 0.685. The average Bonchev–Trinajstić information content (AvgIpc) is 2.64. The molecule has 0 aliphatic heterocycles. The van der Waals surface area contributed by atoms with Crippen molar-refractivity contribution in [3.63, 3.8) is 0 Å². The van der Waals surface area contributed by atoms with Crippen LogP contribution in [0.4, 0.5) is 0 Å². The minimum atomic E-state index is -3.83. The number of esters is 1. The van der Waals surface area contributed by atoms with Crippen LogP contribution in [0.2, 0.25) is 0 Å². The van der Waals surface area contributed by atoms with Crippen molar-refractivity contribution in [1.82, 2.24) is 10.0 Å². The highest BCUT2D eigenvalue weighted by Crippen LogP contribution is 2.29. The molecular weight excluding hydrogens is 368 g/mol. The Morgan fingerprint density at radius 1 is 1.19 bits per heavy atom. The summed E-state index contributed by atoms with van der Waals surface area (Å²) < 4.78 is 31.7. The summed E-state index contributed by atoms with van der Waals surface area (Å²) in [5.74, 6) is -0.254. The molecule has 2 N–H and O–H groups in total. The molecule has 1 saturated carbocycles. The van der Waals surface area contributed by atoms with Gasteiger partial charge in [-0.05, 0) is 37.3 Å². The topological polar surface area (TPSA) is 102 Å². The first kappa shape index (κ1) is 21.4. The molecule has 1 fully saturated rings. The Kier molecular flexibility index (Phi) is 7.38. The lowest BCUT2D eigenvalue weighted by Gasteiger charge is -2.34. The van der Waals surface area contributed by atoms with E-state index >= 15 is 0 Å². The number of benzene rings is 1. The van der Waals surface area contributed by atoms with Crippen LogP contribution in [0.15, 0.2) is 35.2 Å².